The molecule has 1 unspecified atom stereocenters. The molecule has 0 radical (unpaired) electrons. The van der Waals surface area contributed by atoms with E-state index in [-0.39, 0.29) is 5.56 Å². The van der Waals surface area contributed by atoms with Gasteiger partial charge in [0.15, 0.2) is 0 Å². The van der Waals surface area contributed by atoms with Crippen LogP contribution in [0.15, 0.2) is 42.5 Å². The molecule has 1 atom stereocenters. The van der Waals surface area contributed by atoms with Crippen molar-refractivity contribution in [2.45, 2.75) is 26.3 Å². The molecule has 0 aliphatic rings. The average Bonchev–Trinajstić information content (AvgIpc) is 2.38. The lowest BCUT2D eigenvalue weighted by Crippen LogP contribution is -2.11. The van der Waals surface area contributed by atoms with Gasteiger partial charge in [-0.05, 0) is 43.2 Å². The van der Waals surface area contributed by atoms with Gasteiger partial charge in [0.25, 0.3) is 0 Å². The van der Waals surface area contributed by atoms with Gasteiger partial charge >= 0.3 is 0 Å². The first-order chi connectivity index (χ1) is 9.11. The molecule has 0 aliphatic heterocycles. The van der Waals surface area contributed by atoms with E-state index in [1.54, 1.807) is 6.92 Å². The SMILES string of the molecule is CCc1cccc(NC(C)c2c(F)cccc2F)c1. The van der Waals surface area contributed by atoms with Crippen molar-refractivity contribution in [2.24, 2.45) is 0 Å². The summed E-state index contributed by atoms with van der Waals surface area (Å²) in [5.74, 6) is -1.04. The molecule has 19 heavy (non-hydrogen) atoms. The minimum Gasteiger partial charge on any atom is -0.378 e. The van der Waals surface area contributed by atoms with Crippen LogP contribution in [0.4, 0.5) is 14.5 Å². The maximum Gasteiger partial charge on any atom is 0.131 e. The zero-order valence-corrected chi connectivity index (χ0v) is 11.1. The van der Waals surface area contributed by atoms with Crippen molar-refractivity contribution in [2.75, 3.05) is 5.32 Å². The van der Waals surface area contributed by atoms with Crippen molar-refractivity contribution in [1.29, 1.82) is 0 Å². The minimum absolute atomic E-state index is 0.0735. The maximum absolute atomic E-state index is 13.7. The number of hydrogen-bond donors (Lipinski definition) is 1. The van der Waals surface area contributed by atoms with Gasteiger partial charge in [0.1, 0.15) is 11.6 Å². The second-order valence-corrected chi connectivity index (χ2v) is 4.56. The monoisotopic (exact) mass is 261 g/mol. The van der Waals surface area contributed by atoms with Crippen LogP contribution in [0.2, 0.25) is 0 Å². The summed E-state index contributed by atoms with van der Waals surface area (Å²) in [4.78, 5) is 0. The second-order valence-electron chi connectivity index (χ2n) is 4.56. The van der Waals surface area contributed by atoms with Gasteiger partial charge in [0.05, 0.1) is 6.04 Å². The quantitative estimate of drug-likeness (QED) is 0.841. The number of aryl methyl sites for hydroxylation is 1. The number of nitrogens with one attached hydrogen (secondary N) is 1. The molecule has 2 aromatic carbocycles. The highest BCUT2D eigenvalue weighted by atomic mass is 19.1. The first-order valence-corrected chi connectivity index (χ1v) is 6.41. The Morgan fingerprint density at radius 2 is 1.68 bits per heavy atom. The fraction of sp³-hybridized carbons (Fsp3) is 0.250. The number of anilines is 1. The molecule has 0 heterocycles. The lowest BCUT2D eigenvalue weighted by atomic mass is 10.1. The number of benzene rings is 2. The van der Waals surface area contributed by atoms with E-state index in [2.05, 4.69) is 12.2 Å². The predicted octanol–water partition coefficient (Wildman–Crippen LogP) is 4.70. The Bertz CT molecular complexity index is 546. The summed E-state index contributed by atoms with van der Waals surface area (Å²) in [6, 6.07) is 11.4. The van der Waals surface area contributed by atoms with E-state index in [1.165, 1.54) is 23.8 Å². The molecule has 0 saturated heterocycles. The van der Waals surface area contributed by atoms with Gasteiger partial charge in [-0.15, -0.1) is 0 Å². The van der Waals surface area contributed by atoms with E-state index in [0.717, 1.165) is 12.1 Å². The van der Waals surface area contributed by atoms with Crippen LogP contribution >= 0.6 is 0 Å². The number of halogens is 2. The molecule has 0 aromatic heterocycles. The van der Waals surface area contributed by atoms with E-state index in [1.807, 2.05) is 24.3 Å². The van der Waals surface area contributed by atoms with Crippen molar-refractivity contribution in [1.82, 2.24) is 0 Å². The maximum atomic E-state index is 13.7. The molecular formula is C16H17F2N. The summed E-state index contributed by atoms with van der Waals surface area (Å²) >= 11 is 0. The molecule has 0 bridgehead atoms. The van der Waals surface area contributed by atoms with E-state index < -0.39 is 17.7 Å². The molecule has 100 valence electrons. The molecule has 2 rings (SSSR count). The van der Waals surface area contributed by atoms with Crippen LogP contribution in [0.25, 0.3) is 0 Å². The Morgan fingerprint density at radius 1 is 1.05 bits per heavy atom. The van der Waals surface area contributed by atoms with Crippen LogP contribution in [0.3, 0.4) is 0 Å². The van der Waals surface area contributed by atoms with Crippen LogP contribution in [0.5, 0.6) is 0 Å². The van der Waals surface area contributed by atoms with E-state index >= 15 is 0 Å². The summed E-state index contributed by atoms with van der Waals surface area (Å²) in [7, 11) is 0. The third-order valence-electron chi connectivity index (χ3n) is 3.15. The van der Waals surface area contributed by atoms with Crippen molar-refractivity contribution >= 4 is 5.69 Å². The van der Waals surface area contributed by atoms with E-state index in [9.17, 15) is 8.78 Å². The molecule has 1 N–H and O–H groups in total. The topological polar surface area (TPSA) is 12.0 Å². The van der Waals surface area contributed by atoms with Gasteiger partial charge in [-0.2, -0.15) is 0 Å². The molecule has 0 aliphatic carbocycles. The molecule has 3 heteroatoms. The Morgan fingerprint density at radius 3 is 2.32 bits per heavy atom. The minimum atomic E-state index is -0.522. The zero-order chi connectivity index (χ0) is 13.8. The van der Waals surface area contributed by atoms with Crippen molar-refractivity contribution in [3.63, 3.8) is 0 Å². The average molecular weight is 261 g/mol. The predicted molar refractivity (Wildman–Crippen MR) is 74.2 cm³/mol. The van der Waals surface area contributed by atoms with Crippen molar-refractivity contribution in [3.8, 4) is 0 Å². The van der Waals surface area contributed by atoms with Gasteiger partial charge in [0, 0.05) is 11.3 Å². The fourth-order valence-electron chi connectivity index (χ4n) is 2.13. The summed E-state index contributed by atoms with van der Waals surface area (Å²) in [5, 5.41) is 3.13. The smallest absolute Gasteiger partial charge is 0.131 e. The number of rotatable bonds is 4. The first-order valence-electron chi connectivity index (χ1n) is 6.41. The summed E-state index contributed by atoms with van der Waals surface area (Å²) in [5.41, 5.74) is 2.13. The molecule has 2 aromatic rings. The fourth-order valence-corrected chi connectivity index (χ4v) is 2.13. The second kappa shape index (κ2) is 5.83. The van der Waals surface area contributed by atoms with Crippen LogP contribution in [-0.4, -0.2) is 0 Å². The van der Waals surface area contributed by atoms with Gasteiger partial charge in [-0.1, -0.05) is 25.1 Å². The Labute approximate surface area is 112 Å². The zero-order valence-electron chi connectivity index (χ0n) is 11.1. The molecule has 0 amide bonds. The van der Waals surface area contributed by atoms with Gasteiger partial charge < -0.3 is 5.32 Å². The molecule has 0 saturated carbocycles. The molecule has 0 spiro atoms. The van der Waals surface area contributed by atoms with Crippen LogP contribution in [0.1, 0.15) is 31.0 Å². The number of hydrogen-bond acceptors (Lipinski definition) is 1. The molecule has 1 nitrogen and oxygen atoms in total. The van der Waals surface area contributed by atoms with Gasteiger partial charge in [-0.3, -0.25) is 0 Å². The van der Waals surface area contributed by atoms with E-state index in [4.69, 9.17) is 0 Å². The Kier molecular flexibility index (Phi) is 4.15. The summed E-state index contributed by atoms with van der Waals surface area (Å²) in [6.45, 7) is 3.82. The summed E-state index contributed by atoms with van der Waals surface area (Å²) in [6.07, 6.45) is 0.929. The van der Waals surface area contributed by atoms with E-state index in [0.29, 0.717) is 0 Å². The highest BCUT2D eigenvalue weighted by Crippen LogP contribution is 2.24. The normalized spacial score (nSPS) is 12.2. The molecule has 0 fully saturated rings. The van der Waals surface area contributed by atoms with Crippen LogP contribution in [-0.2, 0) is 6.42 Å². The largest absolute Gasteiger partial charge is 0.378 e. The standard InChI is InChI=1S/C16H17F2N/c1-3-12-6-4-7-13(10-12)19-11(2)16-14(17)8-5-9-15(16)18/h4-11,19H,3H2,1-2H3. The van der Waals surface area contributed by atoms with Crippen LogP contribution < -0.4 is 5.32 Å². The van der Waals surface area contributed by atoms with Gasteiger partial charge in [-0.25, -0.2) is 8.78 Å². The Balaban J connectivity index is 2.23. The highest BCUT2D eigenvalue weighted by molar-refractivity contribution is 5.48. The first kappa shape index (κ1) is 13.5. The summed E-state index contributed by atoms with van der Waals surface area (Å²) < 4.78 is 27.3. The van der Waals surface area contributed by atoms with Crippen LogP contribution in [0, 0.1) is 11.6 Å². The Hall–Kier alpha value is -1.90. The highest BCUT2D eigenvalue weighted by Gasteiger charge is 2.15. The van der Waals surface area contributed by atoms with Crippen molar-refractivity contribution in [3.05, 3.63) is 65.2 Å². The van der Waals surface area contributed by atoms with Crippen molar-refractivity contribution < 1.29 is 8.78 Å². The lowest BCUT2D eigenvalue weighted by Gasteiger charge is -2.17. The van der Waals surface area contributed by atoms with Gasteiger partial charge in [0.2, 0.25) is 0 Å². The molecular weight excluding hydrogens is 244 g/mol. The third kappa shape index (κ3) is 3.11. The lowest BCUT2D eigenvalue weighted by molar-refractivity contribution is 0.544. The third-order valence-corrected chi connectivity index (χ3v) is 3.15.